The van der Waals surface area contributed by atoms with E-state index in [0.717, 1.165) is 13.1 Å². The first-order valence-electron chi connectivity index (χ1n) is 6.51. The zero-order valence-corrected chi connectivity index (χ0v) is 12.2. The lowest BCUT2D eigenvalue weighted by Gasteiger charge is -2.27. The molecule has 0 aliphatic heterocycles. The molecule has 16 heavy (non-hydrogen) atoms. The third kappa shape index (κ3) is 9.13. The monoisotopic (exact) mass is 229 g/mol. The summed E-state index contributed by atoms with van der Waals surface area (Å²) in [5, 5.41) is 7.05. The minimum atomic E-state index is 0.552. The quantitative estimate of drug-likeness (QED) is 0.663. The van der Waals surface area contributed by atoms with Gasteiger partial charge in [-0.2, -0.15) is 0 Å². The average molecular weight is 229 g/mol. The molecule has 0 aromatic carbocycles. The highest BCUT2D eigenvalue weighted by molar-refractivity contribution is 4.72. The number of rotatable bonds is 8. The third-order valence-electron chi connectivity index (χ3n) is 2.41. The number of nitrogens with zero attached hydrogens (tertiary/aromatic N) is 1. The maximum absolute atomic E-state index is 3.53. The number of nitrogens with one attached hydrogen (secondary N) is 2. The number of likely N-dealkylation sites (N-methyl/N-ethyl adjacent to an activating group) is 1. The fourth-order valence-corrected chi connectivity index (χ4v) is 2.25. The summed E-state index contributed by atoms with van der Waals surface area (Å²) in [6, 6.07) is 2.23. The predicted octanol–water partition coefficient (Wildman–Crippen LogP) is 1.69. The molecule has 0 aromatic rings. The summed E-state index contributed by atoms with van der Waals surface area (Å²) in [6.45, 7) is 15.5. The van der Waals surface area contributed by atoms with Crippen molar-refractivity contribution in [3.05, 3.63) is 0 Å². The molecular weight excluding hydrogens is 198 g/mol. The highest BCUT2D eigenvalue weighted by atomic mass is 15.1. The molecule has 98 valence electrons. The Labute approximate surface area is 102 Å². The fraction of sp³-hybridized carbons (Fsp3) is 1.00. The molecule has 0 radical (unpaired) electrons. The molecule has 0 bridgehead atoms. The highest BCUT2D eigenvalue weighted by Crippen LogP contribution is 1.95. The van der Waals surface area contributed by atoms with Crippen LogP contribution in [-0.4, -0.2) is 49.2 Å². The van der Waals surface area contributed by atoms with Crippen molar-refractivity contribution in [3.8, 4) is 0 Å². The van der Waals surface area contributed by atoms with Gasteiger partial charge in [-0.3, -0.25) is 0 Å². The predicted molar refractivity (Wildman–Crippen MR) is 73.0 cm³/mol. The van der Waals surface area contributed by atoms with Crippen LogP contribution in [0.15, 0.2) is 0 Å². The van der Waals surface area contributed by atoms with Crippen LogP contribution in [0.4, 0.5) is 0 Å². The van der Waals surface area contributed by atoms with Crippen molar-refractivity contribution in [1.82, 2.24) is 15.5 Å². The Morgan fingerprint density at radius 3 is 1.31 bits per heavy atom. The normalized spacial score (nSPS) is 16.1. The third-order valence-corrected chi connectivity index (χ3v) is 2.41. The van der Waals surface area contributed by atoms with E-state index >= 15 is 0 Å². The van der Waals surface area contributed by atoms with E-state index in [-0.39, 0.29) is 0 Å². The van der Waals surface area contributed by atoms with Crippen molar-refractivity contribution in [2.45, 2.75) is 65.7 Å². The SMILES string of the molecule is CC(C)NC(C)CN(C)CC(C)NC(C)C. The van der Waals surface area contributed by atoms with Crippen LogP contribution in [0.2, 0.25) is 0 Å². The van der Waals surface area contributed by atoms with Crippen LogP contribution in [0.5, 0.6) is 0 Å². The van der Waals surface area contributed by atoms with E-state index in [4.69, 9.17) is 0 Å². The van der Waals surface area contributed by atoms with Crippen molar-refractivity contribution in [1.29, 1.82) is 0 Å². The summed E-state index contributed by atoms with van der Waals surface area (Å²) in [6.07, 6.45) is 0. The second-order valence-electron chi connectivity index (χ2n) is 5.67. The molecule has 0 aliphatic rings. The molecule has 0 aromatic heterocycles. The van der Waals surface area contributed by atoms with Crippen LogP contribution in [0.25, 0.3) is 0 Å². The maximum Gasteiger partial charge on any atom is 0.0168 e. The first kappa shape index (κ1) is 15.9. The van der Waals surface area contributed by atoms with E-state index in [2.05, 4.69) is 64.1 Å². The molecule has 3 nitrogen and oxygen atoms in total. The molecule has 0 saturated carbocycles. The van der Waals surface area contributed by atoms with Gasteiger partial charge < -0.3 is 15.5 Å². The summed E-state index contributed by atoms with van der Waals surface area (Å²) in [4.78, 5) is 2.39. The largest absolute Gasteiger partial charge is 0.311 e. The second-order valence-corrected chi connectivity index (χ2v) is 5.67. The molecule has 0 spiro atoms. The van der Waals surface area contributed by atoms with E-state index in [1.807, 2.05) is 0 Å². The molecule has 0 aliphatic carbocycles. The Morgan fingerprint density at radius 2 is 1.06 bits per heavy atom. The van der Waals surface area contributed by atoms with E-state index in [1.54, 1.807) is 0 Å². The summed E-state index contributed by atoms with van der Waals surface area (Å²) in [5.41, 5.74) is 0. The lowest BCUT2D eigenvalue weighted by atomic mass is 10.2. The topological polar surface area (TPSA) is 27.3 Å². The summed E-state index contributed by atoms with van der Waals surface area (Å²) in [7, 11) is 2.19. The van der Waals surface area contributed by atoms with Crippen LogP contribution in [0.1, 0.15) is 41.5 Å². The molecule has 0 fully saturated rings. The van der Waals surface area contributed by atoms with Gasteiger partial charge in [0, 0.05) is 37.3 Å². The van der Waals surface area contributed by atoms with Gasteiger partial charge >= 0.3 is 0 Å². The number of hydrogen-bond acceptors (Lipinski definition) is 3. The fourth-order valence-electron chi connectivity index (χ4n) is 2.25. The van der Waals surface area contributed by atoms with E-state index in [1.165, 1.54) is 0 Å². The first-order chi connectivity index (χ1) is 7.31. The average Bonchev–Trinajstić information content (AvgIpc) is 1.97. The Morgan fingerprint density at radius 1 is 0.750 bits per heavy atom. The smallest absolute Gasteiger partial charge is 0.0168 e. The van der Waals surface area contributed by atoms with Crippen molar-refractivity contribution < 1.29 is 0 Å². The Kier molecular flexibility index (Phi) is 7.98. The lowest BCUT2D eigenvalue weighted by Crippen LogP contribution is -2.45. The van der Waals surface area contributed by atoms with Gasteiger partial charge in [0.15, 0.2) is 0 Å². The zero-order valence-electron chi connectivity index (χ0n) is 12.2. The second kappa shape index (κ2) is 8.04. The summed E-state index contributed by atoms with van der Waals surface area (Å²) >= 11 is 0. The molecule has 0 heterocycles. The van der Waals surface area contributed by atoms with Gasteiger partial charge in [0.1, 0.15) is 0 Å². The lowest BCUT2D eigenvalue weighted by molar-refractivity contribution is 0.259. The van der Waals surface area contributed by atoms with Crippen molar-refractivity contribution in [2.24, 2.45) is 0 Å². The van der Waals surface area contributed by atoms with Crippen LogP contribution in [0, 0.1) is 0 Å². The van der Waals surface area contributed by atoms with Crippen LogP contribution in [-0.2, 0) is 0 Å². The van der Waals surface area contributed by atoms with Crippen LogP contribution in [0.3, 0.4) is 0 Å². The van der Waals surface area contributed by atoms with Crippen LogP contribution < -0.4 is 10.6 Å². The zero-order chi connectivity index (χ0) is 12.7. The van der Waals surface area contributed by atoms with Gasteiger partial charge in [-0.1, -0.05) is 27.7 Å². The Bertz CT molecular complexity index is 151. The first-order valence-corrected chi connectivity index (χ1v) is 6.51. The van der Waals surface area contributed by atoms with Gasteiger partial charge in [-0.15, -0.1) is 0 Å². The minimum Gasteiger partial charge on any atom is -0.311 e. The summed E-state index contributed by atoms with van der Waals surface area (Å²) in [5.74, 6) is 0. The summed E-state index contributed by atoms with van der Waals surface area (Å²) < 4.78 is 0. The Hall–Kier alpha value is -0.120. The van der Waals surface area contributed by atoms with Gasteiger partial charge in [-0.05, 0) is 20.9 Å². The standard InChI is InChI=1S/C13H31N3/c1-10(2)14-12(5)8-16(7)9-13(6)15-11(3)4/h10-15H,8-9H2,1-7H3. The van der Waals surface area contributed by atoms with E-state index < -0.39 is 0 Å². The van der Waals surface area contributed by atoms with Gasteiger partial charge in [0.05, 0.1) is 0 Å². The molecule has 0 amide bonds. The molecule has 3 heteroatoms. The van der Waals surface area contributed by atoms with Gasteiger partial charge in [0.25, 0.3) is 0 Å². The van der Waals surface area contributed by atoms with Gasteiger partial charge in [-0.25, -0.2) is 0 Å². The van der Waals surface area contributed by atoms with E-state index in [9.17, 15) is 0 Å². The highest BCUT2D eigenvalue weighted by Gasteiger charge is 2.10. The molecule has 2 N–H and O–H groups in total. The van der Waals surface area contributed by atoms with Crippen LogP contribution >= 0.6 is 0 Å². The van der Waals surface area contributed by atoms with Crippen molar-refractivity contribution >= 4 is 0 Å². The maximum atomic E-state index is 3.53. The Balaban J connectivity index is 3.75. The van der Waals surface area contributed by atoms with Crippen molar-refractivity contribution in [3.63, 3.8) is 0 Å². The minimum absolute atomic E-state index is 0.552. The van der Waals surface area contributed by atoms with E-state index in [0.29, 0.717) is 24.2 Å². The van der Waals surface area contributed by atoms with Gasteiger partial charge in [0.2, 0.25) is 0 Å². The molecular formula is C13H31N3. The molecule has 0 rings (SSSR count). The molecule has 2 atom stereocenters. The molecule has 0 saturated heterocycles. The van der Waals surface area contributed by atoms with Crippen molar-refractivity contribution in [2.75, 3.05) is 20.1 Å². The molecule has 2 unspecified atom stereocenters. The number of hydrogen-bond donors (Lipinski definition) is 2.